The maximum absolute atomic E-state index is 13.4. The summed E-state index contributed by atoms with van der Waals surface area (Å²) in [6.45, 7) is 1.62. The van der Waals surface area contributed by atoms with E-state index in [-0.39, 0.29) is 12.1 Å². The van der Waals surface area contributed by atoms with E-state index in [1.54, 1.807) is 13.0 Å². The van der Waals surface area contributed by atoms with Gasteiger partial charge in [-0.3, -0.25) is 0 Å². The molecule has 0 radical (unpaired) electrons. The van der Waals surface area contributed by atoms with E-state index in [1.807, 2.05) is 0 Å². The molecule has 0 bridgehead atoms. The lowest BCUT2D eigenvalue weighted by Crippen LogP contribution is -2.42. The number of amides is 2. The van der Waals surface area contributed by atoms with Gasteiger partial charge in [-0.25, -0.2) is 14.0 Å². The number of aliphatic carboxylic acids is 1. The Morgan fingerprint density at radius 1 is 1.50 bits per heavy atom. The summed E-state index contributed by atoms with van der Waals surface area (Å²) in [6.07, 6.45) is 0.242. The molecule has 2 amide bonds. The number of anilines is 1. The van der Waals surface area contributed by atoms with Gasteiger partial charge in [-0.05, 0) is 24.6 Å². The SMILES string of the molecule is CC[C@H](NC(=O)Nc1ccc(Br)cc1F)C(=O)O. The van der Waals surface area contributed by atoms with Crippen LogP contribution in [0.3, 0.4) is 0 Å². The first-order valence-corrected chi connectivity index (χ1v) is 5.98. The second-order valence-corrected chi connectivity index (χ2v) is 4.44. The summed E-state index contributed by atoms with van der Waals surface area (Å²) in [5.74, 6) is -1.74. The Balaban J connectivity index is 2.67. The predicted octanol–water partition coefficient (Wildman–Crippen LogP) is 2.57. The predicted molar refractivity (Wildman–Crippen MR) is 68.0 cm³/mol. The number of urea groups is 1. The fourth-order valence-corrected chi connectivity index (χ4v) is 1.58. The number of carboxylic acids is 1. The number of hydrogen-bond donors (Lipinski definition) is 3. The van der Waals surface area contributed by atoms with Crippen molar-refractivity contribution in [3.8, 4) is 0 Å². The third kappa shape index (κ3) is 3.99. The molecule has 1 rings (SSSR count). The number of carboxylic acid groups (broad SMARTS) is 1. The van der Waals surface area contributed by atoms with Crippen molar-refractivity contribution in [2.75, 3.05) is 5.32 Å². The molecule has 7 heteroatoms. The maximum Gasteiger partial charge on any atom is 0.326 e. The fourth-order valence-electron chi connectivity index (χ4n) is 1.25. The molecule has 0 saturated carbocycles. The third-order valence-corrected chi connectivity index (χ3v) is 2.68. The van der Waals surface area contributed by atoms with E-state index in [2.05, 4.69) is 26.6 Å². The molecule has 0 aliphatic carbocycles. The molecule has 98 valence electrons. The van der Waals surface area contributed by atoms with Crippen molar-refractivity contribution in [1.82, 2.24) is 5.32 Å². The highest BCUT2D eigenvalue weighted by Crippen LogP contribution is 2.19. The van der Waals surface area contributed by atoms with Gasteiger partial charge < -0.3 is 15.7 Å². The third-order valence-electron chi connectivity index (χ3n) is 2.19. The van der Waals surface area contributed by atoms with E-state index in [4.69, 9.17) is 5.11 Å². The minimum atomic E-state index is -1.14. The van der Waals surface area contributed by atoms with Crippen LogP contribution in [0.15, 0.2) is 22.7 Å². The molecule has 1 atom stereocenters. The molecule has 1 aromatic rings. The van der Waals surface area contributed by atoms with Crippen LogP contribution >= 0.6 is 15.9 Å². The Kier molecular flexibility index (Phi) is 5.08. The van der Waals surface area contributed by atoms with Gasteiger partial charge in [-0.1, -0.05) is 22.9 Å². The zero-order valence-electron chi connectivity index (χ0n) is 9.54. The molecule has 0 aliphatic heterocycles. The number of hydrogen-bond acceptors (Lipinski definition) is 2. The topological polar surface area (TPSA) is 78.4 Å². The molecule has 0 aromatic heterocycles. The lowest BCUT2D eigenvalue weighted by molar-refractivity contribution is -0.139. The second kappa shape index (κ2) is 6.34. The van der Waals surface area contributed by atoms with Crippen LogP contribution in [0.5, 0.6) is 0 Å². The van der Waals surface area contributed by atoms with Gasteiger partial charge in [0, 0.05) is 4.47 Å². The van der Waals surface area contributed by atoms with Crippen LogP contribution in [-0.2, 0) is 4.79 Å². The smallest absolute Gasteiger partial charge is 0.326 e. The van der Waals surface area contributed by atoms with E-state index in [0.717, 1.165) is 0 Å². The van der Waals surface area contributed by atoms with Gasteiger partial charge in [0.15, 0.2) is 0 Å². The standard InChI is InChI=1S/C11H12BrFN2O3/c1-2-8(10(16)17)14-11(18)15-9-4-3-6(12)5-7(9)13/h3-5,8H,2H2,1H3,(H,16,17)(H2,14,15,18)/t8-/m0/s1. The summed E-state index contributed by atoms with van der Waals surface area (Å²) in [5.41, 5.74) is -0.0176. The van der Waals surface area contributed by atoms with Crippen LogP contribution in [0.25, 0.3) is 0 Å². The van der Waals surface area contributed by atoms with Gasteiger partial charge in [0.2, 0.25) is 0 Å². The normalized spacial score (nSPS) is 11.7. The summed E-state index contributed by atoms with van der Waals surface area (Å²) >= 11 is 3.09. The summed E-state index contributed by atoms with van der Waals surface area (Å²) < 4.78 is 13.9. The van der Waals surface area contributed by atoms with Gasteiger partial charge in [-0.15, -0.1) is 0 Å². The molecule has 5 nitrogen and oxygen atoms in total. The van der Waals surface area contributed by atoms with Crippen LogP contribution in [-0.4, -0.2) is 23.1 Å². The molecular weight excluding hydrogens is 307 g/mol. The molecule has 0 heterocycles. The van der Waals surface area contributed by atoms with Crippen LogP contribution in [0.4, 0.5) is 14.9 Å². The van der Waals surface area contributed by atoms with Crippen LogP contribution in [0.2, 0.25) is 0 Å². The van der Waals surface area contributed by atoms with E-state index < -0.39 is 23.9 Å². The van der Waals surface area contributed by atoms with Crippen molar-refractivity contribution in [1.29, 1.82) is 0 Å². The van der Waals surface area contributed by atoms with Crippen LogP contribution < -0.4 is 10.6 Å². The van der Waals surface area contributed by atoms with Crippen molar-refractivity contribution in [3.05, 3.63) is 28.5 Å². The molecule has 0 unspecified atom stereocenters. The first-order chi connectivity index (χ1) is 8.43. The molecule has 0 aliphatic rings. The minimum Gasteiger partial charge on any atom is -0.480 e. The Hall–Kier alpha value is -1.63. The van der Waals surface area contributed by atoms with Crippen molar-refractivity contribution in [2.45, 2.75) is 19.4 Å². The number of nitrogens with one attached hydrogen (secondary N) is 2. The van der Waals surface area contributed by atoms with Gasteiger partial charge in [0.1, 0.15) is 11.9 Å². The molecule has 0 fully saturated rings. The lowest BCUT2D eigenvalue weighted by atomic mass is 10.2. The Morgan fingerprint density at radius 3 is 2.67 bits per heavy atom. The monoisotopic (exact) mass is 318 g/mol. The Morgan fingerprint density at radius 2 is 2.17 bits per heavy atom. The average Bonchev–Trinajstić information content (AvgIpc) is 2.29. The maximum atomic E-state index is 13.4. The zero-order valence-corrected chi connectivity index (χ0v) is 11.1. The van der Waals surface area contributed by atoms with E-state index in [9.17, 15) is 14.0 Å². The van der Waals surface area contributed by atoms with Crippen molar-refractivity contribution in [2.24, 2.45) is 0 Å². The van der Waals surface area contributed by atoms with Crippen molar-refractivity contribution < 1.29 is 19.1 Å². The van der Waals surface area contributed by atoms with Crippen LogP contribution in [0, 0.1) is 5.82 Å². The highest BCUT2D eigenvalue weighted by Gasteiger charge is 2.18. The average molecular weight is 319 g/mol. The zero-order chi connectivity index (χ0) is 13.7. The number of carbonyl (C=O) groups excluding carboxylic acids is 1. The summed E-state index contributed by atoms with van der Waals surface area (Å²) in [5, 5.41) is 13.2. The first kappa shape index (κ1) is 14.4. The molecular formula is C11H12BrFN2O3. The number of benzene rings is 1. The highest BCUT2D eigenvalue weighted by atomic mass is 79.9. The summed E-state index contributed by atoms with van der Waals surface area (Å²) in [4.78, 5) is 22.2. The van der Waals surface area contributed by atoms with Gasteiger partial charge in [0.05, 0.1) is 5.69 Å². The fraction of sp³-hybridized carbons (Fsp3) is 0.273. The first-order valence-electron chi connectivity index (χ1n) is 5.19. The second-order valence-electron chi connectivity index (χ2n) is 3.52. The summed E-state index contributed by atoms with van der Waals surface area (Å²) in [6, 6.07) is 2.38. The number of rotatable bonds is 4. The summed E-state index contributed by atoms with van der Waals surface area (Å²) in [7, 11) is 0. The van der Waals surface area contributed by atoms with Crippen molar-refractivity contribution in [3.63, 3.8) is 0 Å². The highest BCUT2D eigenvalue weighted by molar-refractivity contribution is 9.10. The van der Waals surface area contributed by atoms with E-state index in [0.29, 0.717) is 4.47 Å². The largest absolute Gasteiger partial charge is 0.480 e. The van der Waals surface area contributed by atoms with Crippen LogP contribution in [0.1, 0.15) is 13.3 Å². The Labute approximate surface area is 112 Å². The van der Waals surface area contributed by atoms with Gasteiger partial charge >= 0.3 is 12.0 Å². The van der Waals surface area contributed by atoms with E-state index >= 15 is 0 Å². The van der Waals surface area contributed by atoms with Gasteiger partial charge in [0.25, 0.3) is 0 Å². The molecule has 18 heavy (non-hydrogen) atoms. The number of carbonyl (C=O) groups is 2. The van der Waals surface area contributed by atoms with E-state index in [1.165, 1.54) is 12.1 Å². The lowest BCUT2D eigenvalue weighted by Gasteiger charge is -2.13. The molecule has 0 spiro atoms. The molecule has 3 N–H and O–H groups in total. The van der Waals surface area contributed by atoms with Gasteiger partial charge in [-0.2, -0.15) is 0 Å². The molecule has 0 saturated heterocycles. The Bertz CT molecular complexity index is 468. The number of halogens is 2. The quantitative estimate of drug-likeness (QED) is 0.798. The molecule has 1 aromatic carbocycles. The van der Waals surface area contributed by atoms with Crippen molar-refractivity contribution >= 4 is 33.6 Å². The minimum absolute atomic E-state index is 0.0176.